The van der Waals surface area contributed by atoms with Gasteiger partial charge in [-0.15, -0.1) is 0 Å². The molecule has 0 saturated heterocycles. The average molecular weight is 229 g/mol. The van der Waals surface area contributed by atoms with Crippen molar-refractivity contribution < 1.29 is 19.1 Å². The summed E-state index contributed by atoms with van der Waals surface area (Å²) < 4.78 is 9.69. The smallest absolute Gasteiger partial charge is 0.341 e. The van der Waals surface area contributed by atoms with Gasteiger partial charge in [-0.3, -0.25) is 9.59 Å². The molecule has 0 N–H and O–H groups in total. The highest BCUT2D eigenvalue weighted by molar-refractivity contribution is 5.97. The number of esters is 2. The maximum Gasteiger partial charge on any atom is 0.341 e. The molecule has 1 aromatic heterocycles. The highest BCUT2D eigenvalue weighted by atomic mass is 16.6. The van der Waals surface area contributed by atoms with E-state index in [1.54, 1.807) is 13.8 Å². The molecule has 0 aliphatic heterocycles. The van der Waals surface area contributed by atoms with Crippen LogP contribution in [0.15, 0.2) is 9.59 Å². The summed E-state index contributed by atoms with van der Waals surface area (Å²) in [6, 6.07) is -1.60. The molecule has 7 nitrogen and oxygen atoms in total. The molecule has 1 rings (SSSR count). The average Bonchev–Trinajstić information content (AvgIpc) is 2.77. The Bertz CT molecular complexity index is 423. The van der Waals surface area contributed by atoms with Crippen molar-refractivity contribution >= 4 is 11.9 Å². The number of carbonyl (C=O) groups is 2. The second-order valence-electron chi connectivity index (χ2n) is 2.89. The van der Waals surface area contributed by atoms with Crippen molar-refractivity contribution in [1.29, 1.82) is 0 Å². The van der Waals surface area contributed by atoms with E-state index < -0.39 is 29.1 Å². The van der Waals surface area contributed by atoms with Gasteiger partial charge in [-0.25, -0.2) is 14.2 Å². The first kappa shape index (κ1) is 12.2. The lowest BCUT2D eigenvalue weighted by atomic mass is 10.3. The van der Waals surface area contributed by atoms with Crippen molar-refractivity contribution in [1.82, 2.24) is 4.57 Å². The topological polar surface area (TPSA) is 91.7 Å². The van der Waals surface area contributed by atoms with E-state index in [2.05, 4.69) is 9.47 Å². The molecule has 0 aliphatic carbocycles. The molecule has 1 aromatic rings. The summed E-state index contributed by atoms with van der Waals surface area (Å²) in [5.74, 6) is -1.92. The Labute approximate surface area is 90.3 Å². The van der Waals surface area contributed by atoms with Gasteiger partial charge in [0.05, 0.1) is 13.2 Å². The number of hydrogen-bond acceptors (Lipinski definition) is 6. The third kappa shape index (κ3) is 2.18. The Morgan fingerprint density at radius 1 is 1.06 bits per heavy atom. The number of hydrogen-bond donors (Lipinski definition) is 0. The zero-order valence-electron chi connectivity index (χ0n) is 8.89. The Hall–Kier alpha value is -1.92. The number of aromatic nitrogens is 1. The fourth-order valence-electron chi connectivity index (χ4n) is 1.13. The van der Waals surface area contributed by atoms with E-state index in [4.69, 9.17) is 0 Å². The van der Waals surface area contributed by atoms with Gasteiger partial charge in [0.15, 0.2) is 0 Å². The molecule has 0 amide bonds. The van der Waals surface area contributed by atoms with Crippen LogP contribution >= 0.6 is 0 Å². The van der Waals surface area contributed by atoms with E-state index in [0.717, 1.165) is 0 Å². The second-order valence-corrected chi connectivity index (χ2v) is 2.89. The van der Waals surface area contributed by atoms with E-state index in [0.29, 0.717) is 4.57 Å². The maximum atomic E-state index is 11.4. The molecule has 0 radical (unpaired) electrons. The Morgan fingerprint density at radius 3 is 1.69 bits per heavy atom. The predicted octanol–water partition coefficient (Wildman–Crippen LogP) is -1.25. The first-order valence-electron chi connectivity index (χ1n) is 4.75. The largest absolute Gasteiger partial charge is 0.464 e. The van der Waals surface area contributed by atoms with Gasteiger partial charge in [0, 0.05) is 0 Å². The Morgan fingerprint density at radius 2 is 1.44 bits per heavy atom. The van der Waals surface area contributed by atoms with Gasteiger partial charge in [-0.05, 0) is 13.8 Å². The lowest BCUT2D eigenvalue weighted by Gasteiger charge is -2.10. The molecule has 0 aliphatic rings. The lowest BCUT2D eigenvalue weighted by Crippen LogP contribution is -2.30. The SMILES string of the molecule is CCOC(=O)C(C(=O)OCC)n1c(=O)c1=O. The molecule has 7 heteroatoms. The van der Waals surface area contributed by atoms with Crippen LogP contribution in [0, 0.1) is 0 Å². The molecular weight excluding hydrogens is 218 g/mol. The van der Waals surface area contributed by atoms with Crippen LogP contribution in [0.2, 0.25) is 0 Å². The summed E-state index contributed by atoms with van der Waals surface area (Å²) in [5, 5.41) is 0. The highest BCUT2D eigenvalue weighted by Gasteiger charge is 2.39. The van der Waals surface area contributed by atoms with Gasteiger partial charge in [0.1, 0.15) is 0 Å². The van der Waals surface area contributed by atoms with Gasteiger partial charge in [0.2, 0.25) is 6.04 Å². The molecule has 1 heterocycles. The van der Waals surface area contributed by atoms with Crippen LogP contribution in [0.3, 0.4) is 0 Å². The third-order valence-electron chi connectivity index (χ3n) is 1.85. The normalized spacial score (nSPS) is 10.7. The monoisotopic (exact) mass is 229 g/mol. The molecule has 0 spiro atoms. The van der Waals surface area contributed by atoms with Crippen molar-refractivity contribution in [3.05, 3.63) is 20.7 Å². The minimum absolute atomic E-state index is 0.0466. The van der Waals surface area contributed by atoms with E-state index >= 15 is 0 Å². The molecule has 0 unspecified atom stereocenters. The molecule has 88 valence electrons. The van der Waals surface area contributed by atoms with Crippen molar-refractivity contribution in [2.45, 2.75) is 19.9 Å². The molecule has 0 saturated carbocycles. The highest BCUT2D eigenvalue weighted by Crippen LogP contribution is 2.08. The summed E-state index contributed by atoms with van der Waals surface area (Å²) in [7, 11) is 0. The summed E-state index contributed by atoms with van der Waals surface area (Å²) in [6.45, 7) is 3.19. The van der Waals surface area contributed by atoms with Crippen LogP contribution in [0.25, 0.3) is 0 Å². The molecule has 0 aromatic carbocycles. The van der Waals surface area contributed by atoms with Crippen molar-refractivity contribution in [3.8, 4) is 0 Å². The minimum atomic E-state index is -1.60. The number of nitrogens with zero attached hydrogens (tertiary/aromatic N) is 1. The fraction of sp³-hybridized carbons (Fsp3) is 0.556. The third-order valence-corrected chi connectivity index (χ3v) is 1.85. The van der Waals surface area contributed by atoms with Gasteiger partial charge < -0.3 is 9.47 Å². The summed E-state index contributed by atoms with van der Waals surface area (Å²) >= 11 is 0. The van der Waals surface area contributed by atoms with Crippen molar-refractivity contribution in [2.75, 3.05) is 13.2 Å². The van der Waals surface area contributed by atoms with Gasteiger partial charge in [0.25, 0.3) is 0 Å². The molecule has 16 heavy (non-hydrogen) atoms. The Kier molecular flexibility index (Phi) is 3.60. The molecule has 0 atom stereocenters. The summed E-state index contributed by atoms with van der Waals surface area (Å²) in [4.78, 5) is 44.4. The number of rotatable bonds is 5. The van der Waals surface area contributed by atoms with E-state index in [9.17, 15) is 19.2 Å². The summed E-state index contributed by atoms with van der Waals surface area (Å²) in [5.41, 5.74) is -1.77. The zero-order chi connectivity index (χ0) is 12.3. The number of ether oxygens (including phenoxy) is 2. The molecular formula is C9H11NO6. The number of carbonyl (C=O) groups excluding carboxylic acids is 2. The molecule has 0 fully saturated rings. The predicted molar refractivity (Wildman–Crippen MR) is 51.6 cm³/mol. The van der Waals surface area contributed by atoms with Crippen LogP contribution in [-0.4, -0.2) is 29.7 Å². The fourth-order valence-corrected chi connectivity index (χ4v) is 1.13. The van der Waals surface area contributed by atoms with Crippen LogP contribution in [0.4, 0.5) is 0 Å². The van der Waals surface area contributed by atoms with Gasteiger partial charge >= 0.3 is 23.1 Å². The van der Waals surface area contributed by atoms with Crippen LogP contribution in [-0.2, 0) is 19.1 Å². The van der Waals surface area contributed by atoms with Gasteiger partial charge in [-0.2, -0.15) is 0 Å². The van der Waals surface area contributed by atoms with Gasteiger partial charge in [-0.1, -0.05) is 0 Å². The first-order chi connectivity index (χ1) is 7.54. The van der Waals surface area contributed by atoms with Crippen LogP contribution < -0.4 is 11.1 Å². The minimum Gasteiger partial charge on any atom is -0.464 e. The van der Waals surface area contributed by atoms with Crippen LogP contribution in [0.1, 0.15) is 19.9 Å². The first-order valence-corrected chi connectivity index (χ1v) is 4.75. The van der Waals surface area contributed by atoms with E-state index in [-0.39, 0.29) is 13.2 Å². The van der Waals surface area contributed by atoms with Crippen molar-refractivity contribution in [3.63, 3.8) is 0 Å². The molecule has 0 bridgehead atoms. The summed E-state index contributed by atoms with van der Waals surface area (Å²) in [6.07, 6.45) is 0. The van der Waals surface area contributed by atoms with E-state index in [1.165, 1.54) is 0 Å². The maximum absolute atomic E-state index is 11.4. The quantitative estimate of drug-likeness (QED) is 0.356. The van der Waals surface area contributed by atoms with E-state index in [1.807, 2.05) is 0 Å². The van der Waals surface area contributed by atoms with Crippen LogP contribution in [0.5, 0.6) is 0 Å². The zero-order valence-corrected chi connectivity index (χ0v) is 8.89. The standard InChI is InChI=1S/C9H11NO6/c1-3-15-8(13)5(9(14)16-4-2)10-6(11)7(10)12/h5H,3-4H2,1-2H3. The second kappa shape index (κ2) is 4.73. The lowest BCUT2D eigenvalue weighted by molar-refractivity contribution is -0.159. The van der Waals surface area contributed by atoms with Crippen molar-refractivity contribution in [2.24, 2.45) is 0 Å². The Balaban J connectivity index is 2.91.